The summed E-state index contributed by atoms with van der Waals surface area (Å²) >= 11 is 0. The van der Waals surface area contributed by atoms with Crippen molar-refractivity contribution in [3.05, 3.63) is 23.8 Å². The first-order valence-corrected chi connectivity index (χ1v) is 8.65. The molecule has 5 nitrogen and oxygen atoms in total. The second kappa shape index (κ2) is 9.44. The molecule has 0 spiro atoms. The van der Waals surface area contributed by atoms with Crippen molar-refractivity contribution in [2.75, 3.05) is 13.7 Å². The first kappa shape index (κ1) is 19.3. The van der Waals surface area contributed by atoms with Gasteiger partial charge in [0.2, 0.25) is 0 Å². The second-order valence-corrected chi connectivity index (χ2v) is 6.38. The minimum atomic E-state index is -2.90. The molecule has 2 N–H and O–H groups in total. The molecule has 25 heavy (non-hydrogen) atoms. The lowest BCUT2D eigenvalue weighted by Crippen LogP contribution is -2.46. The SMILES string of the molecule is COc1cc(CCNC(=O)NC2CCCCC2C)ccc1OC(F)F. The second-order valence-electron chi connectivity index (χ2n) is 6.38. The zero-order valence-electron chi connectivity index (χ0n) is 14.7. The number of hydrogen-bond donors (Lipinski definition) is 2. The topological polar surface area (TPSA) is 59.6 Å². The van der Waals surface area contributed by atoms with E-state index in [0.29, 0.717) is 18.9 Å². The van der Waals surface area contributed by atoms with Gasteiger partial charge in [-0.1, -0.05) is 25.8 Å². The van der Waals surface area contributed by atoms with Crippen molar-refractivity contribution in [1.82, 2.24) is 10.6 Å². The van der Waals surface area contributed by atoms with Gasteiger partial charge in [-0.2, -0.15) is 8.78 Å². The van der Waals surface area contributed by atoms with E-state index >= 15 is 0 Å². The summed E-state index contributed by atoms with van der Waals surface area (Å²) in [6.07, 6.45) is 5.13. The van der Waals surface area contributed by atoms with Gasteiger partial charge in [0.05, 0.1) is 7.11 Å². The first-order valence-electron chi connectivity index (χ1n) is 8.65. The predicted molar refractivity (Wildman–Crippen MR) is 91.3 cm³/mol. The summed E-state index contributed by atoms with van der Waals surface area (Å²) in [6.45, 7) is -0.280. The maximum absolute atomic E-state index is 12.3. The van der Waals surface area contributed by atoms with Crippen molar-refractivity contribution in [2.45, 2.75) is 51.7 Å². The molecule has 0 heterocycles. The van der Waals surface area contributed by atoms with Gasteiger partial charge in [-0.05, 0) is 42.9 Å². The van der Waals surface area contributed by atoms with Gasteiger partial charge in [-0.25, -0.2) is 4.79 Å². The van der Waals surface area contributed by atoms with Crippen LogP contribution in [0.3, 0.4) is 0 Å². The van der Waals surface area contributed by atoms with Gasteiger partial charge in [-0.3, -0.25) is 0 Å². The van der Waals surface area contributed by atoms with Gasteiger partial charge in [0.1, 0.15) is 0 Å². The molecule has 0 radical (unpaired) electrons. The van der Waals surface area contributed by atoms with Crippen molar-refractivity contribution in [2.24, 2.45) is 5.92 Å². The number of halogens is 2. The molecule has 140 valence electrons. The number of ether oxygens (including phenoxy) is 2. The molecule has 0 bridgehead atoms. The Morgan fingerprint density at radius 1 is 1.28 bits per heavy atom. The Bertz CT molecular complexity index is 569. The summed E-state index contributed by atoms with van der Waals surface area (Å²) in [7, 11) is 1.40. The minimum absolute atomic E-state index is 0.00163. The van der Waals surface area contributed by atoms with Gasteiger partial charge in [0, 0.05) is 12.6 Å². The molecule has 2 atom stereocenters. The Morgan fingerprint density at radius 2 is 2.04 bits per heavy atom. The van der Waals surface area contributed by atoms with Crippen LogP contribution < -0.4 is 20.1 Å². The number of carbonyl (C=O) groups excluding carboxylic acids is 1. The van der Waals surface area contributed by atoms with E-state index < -0.39 is 6.61 Å². The minimum Gasteiger partial charge on any atom is -0.493 e. The first-order chi connectivity index (χ1) is 12.0. The lowest BCUT2D eigenvalue weighted by Gasteiger charge is -2.29. The quantitative estimate of drug-likeness (QED) is 0.783. The number of amides is 2. The third-order valence-corrected chi connectivity index (χ3v) is 4.57. The summed E-state index contributed by atoms with van der Waals surface area (Å²) in [5.74, 6) is 0.752. The van der Waals surface area contributed by atoms with Crippen LogP contribution >= 0.6 is 0 Å². The van der Waals surface area contributed by atoms with Gasteiger partial charge in [-0.15, -0.1) is 0 Å². The average Bonchev–Trinajstić information content (AvgIpc) is 2.57. The summed E-state index contributed by atoms with van der Waals surface area (Å²) < 4.78 is 34.1. The molecule has 0 aliphatic heterocycles. The monoisotopic (exact) mass is 356 g/mol. The zero-order valence-corrected chi connectivity index (χ0v) is 14.7. The molecule has 0 aromatic heterocycles. The molecule has 1 aromatic rings. The van der Waals surface area contributed by atoms with E-state index in [1.807, 2.05) is 0 Å². The fourth-order valence-electron chi connectivity index (χ4n) is 3.13. The predicted octanol–water partition coefficient (Wildman–Crippen LogP) is 3.72. The number of carbonyl (C=O) groups is 1. The highest BCUT2D eigenvalue weighted by atomic mass is 19.3. The summed E-state index contributed by atoms with van der Waals surface area (Å²) in [5.41, 5.74) is 0.866. The van der Waals surface area contributed by atoms with Crippen molar-refractivity contribution >= 4 is 6.03 Å². The highest BCUT2D eigenvalue weighted by Gasteiger charge is 2.22. The van der Waals surface area contributed by atoms with E-state index in [-0.39, 0.29) is 23.6 Å². The highest BCUT2D eigenvalue weighted by Crippen LogP contribution is 2.29. The number of nitrogens with one attached hydrogen (secondary N) is 2. The molecule has 7 heteroatoms. The van der Waals surface area contributed by atoms with Crippen LogP contribution in [0, 0.1) is 5.92 Å². The van der Waals surface area contributed by atoms with Crippen molar-refractivity contribution in [3.63, 3.8) is 0 Å². The molecule has 2 unspecified atom stereocenters. The Labute approximate surface area is 147 Å². The molecule has 2 rings (SSSR count). The molecule has 1 aliphatic rings. The van der Waals surface area contributed by atoms with Gasteiger partial charge in [0.25, 0.3) is 0 Å². The van der Waals surface area contributed by atoms with Crippen LogP contribution in [0.1, 0.15) is 38.2 Å². The third-order valence-electron chi connectivity index (χ3n) is 4.57. The van der Waals surface area contributed by atoms with Crippen LogP contribution in [0.4, 0.5) is 13.6 Å². The van der Waals surface area contributed by atoms with Crippen molar-refractivity contribution < 1.29 is 23.0 Å². The molecule has 1 fully saturated rings. The van der Waals surface area contributed by atoms with Crippen LogP contribution in [-0.4, -0.2) is 32.3 Å². The zero-order chi connectivity index (χ0) is 18.2. The number of urea groups is 1. The Balaban J connectivity index is 1.79. The largest absolute Gasteiger partial charge is 0.493 e. The van der Waals surface area contributed by atoms with Crippen LogP contribution in [0.15, 0.2) is 18.2 Å². The molecule has 1 aromatic carbocycles. The molecule has 0 saturated heterocycles. The van der Waals surface area contributed by atoms with E-state index in [2.05, 4.69) is 22.3 Å². The smallest absolute Gasteiger partial charge is 0.387 e. The number of rotatable bonds is 7. The maximum Gasteiger partial charge on any atom is 0.387 e. The third kappa shape index (κ3) is 6.07. The van der Waals surface area contributed by atoms with E-state index in [4.69, 9.17) is 4.74 Å². The number of benzene rings is 1. The van der Waals surface area contributed by atoms with Crippen LogP contribution in [0.2, 0.25) is 0 Å². The maximum atomic E-state index is 12.3. The van der Waals surface area contributed by atoms with Crippen LogP contribution in [-0.2, 0) is 6.42 Å². The lowest BCUT2D eigenvalue weighted by molar-refractivity contribution is -0.0512. The van der Waals surface area contributed by atoms with E-state index in [1.54, 1.807) is 12.1 Å². The van der Waals surface area contributed by atoms with Gasteiger partial charge < -0.3 is 20.1 Å². The van der Waals surface area contributed by atoms with Crippen molar-refractivity contribution in [3.8, 4) is 11.5 Å². The van der Waals surface area contributed by atoms with Crippen LogP contribution in [0.25, 0.3) is 0 Å². The Hall–Kier alpha value is -2.05. The molecule has 1 saturated carbocycles. The highest BCUT2D eigenvalue weighted by molar-refractivity contribution is 5.74. The fourth-order valence-corrected chi connectivity index (χ4v) is 3.13. The molecule has 1 aliphatic carbocycles. The molecular weight excluding hydrogens is 330 g/mol. The van der Waals surface area contributed by atoms with Gasteiger partial charge >= 0.3 is 12.6 Å². The summed E-state index contributed by atoms with van der Waals surface area (Å²) in [6, 6.07) is 4.84. The van der Waals surface area contributed by atoms with Gasteiger partial charge in [0.15, 0.2) is 11.5 Å². The van der Waals surface area contributed by atoms with E-state index in [9.17, 15) is 13.6 Å². The summed E-state index contributed by atoms with van der Waals surface area (Å²) in [5, 5.41) is 5.87. The average molecular weight is 356 g/mol. The fraction of sp³-hybridized carbons (Fsp3) is 0.611. The standard InChI is InChI=1S/C18H26F2N2O3/c1-12-5-3-4-6-14(12)22-18(23)21-10-9-13-7-8-15(25-17(19)20)16(11-13)24-2/h7-8,11-12,14,17H,3-6,9-10H2,1-2H3,(H2,21,22,23). The molecular formula is C18H26F2N2O3. The van der Waals surface area contributed by atoms with E-state index in [0.717, 1.165) is 24.8 Å². The molecule has 2 amide bonds. The van der Waals surface area contributed by atoms with Crippen LogP contribution in [0.5, 0.6) is 11.5 Å². The number of alkyl halides is 2. The lowest BCUT2D eigenvalue weighted by atomic mass is 9.86. The normalized spacial score (nSPS) is 20.2. The van der Waals surface area contributed by atoms with Crippen molar-refractivity contribution in [1.29, 1.82) is 0 Å². The Kier molecular flexibility index (Phi) is 7.28. The summed E-state index contributed by atoms with van der Waals surface area (Å²) in [4.78, 5) is 12.0. The Morgan fingerprint density at radius 3 is 2.72 bits per heavy atom. The van der Waals surface area contributed by atoms with E-state index in [1.165, 1.54) is 19.6 Å². The number of methoxy groups -OCH3 is 1. The number of hydrogen-bond acceptors (Lipinski definition) is 3.